The number of benzene rings is 2. The van der Waals surface area contributed by atoms with Crippen LogP contribution >= 0.6 is 0 Å². The van der Waals surface area contributed by atoms with E-state index in [1.807, 2.05) is 0 Å². The van der Waals surface area contributed by atoms with Gasteiger partial charge in [-0.3, -0.25) is 9.69 Å². The largest absolute Gasteiger partial charge is 0.355 e. The summed E-state index contributed by atoms with van der Waals surface area (Å²) in [5.74, 6) is 2.33. The van der Waals surface area contributed by atoms with E-state index in [-0.39, 0.29) is 11.8 Å². The third-order valence-corrected chi connectivity index (χ3v) is 7.31. The van der Waals surface area contributed by atoms with Gasteiger partial charge in [0.2, 0.25) is 5.91 Å². The first-order valence-electron chi connectivity index (χ1n) is 12.9. The van der Waals surface area contributed by atoms with Crippen molar-refractivity contribution in [1.82, 2.24) is 29.9 Å². The minimum atomic E-state index is 0.111. The molecule has 184 valence electrons. The Hall–Kier alpha value is -3.03. The molecule has 3 heterocycles. The highest BCUT2D eigenvalue weighted by molar-refractivity contribution is 5.78. The van der Waals surface area contributed by atoms with Gasteiger partial charge in [-0.1, -0.05) is 54.6 Å². The van der Waals surface area contributed by atoms with Crippen LogP contribution in [0.2, 0.25) is 0 Å². The van der Waals surface area contributed by atoms with Gasteiger partial charge in [0.05, 0.1) is 5.92 Å². The molecule has 0 spiro atoms. The van der Waals surface area contributed by atoms with Crippen molar-refractivity contribution in [2.75, 3.05) is 39.8 Å². The van der Waals surface area contributed by atoms with Crippen molar-refractivity contribution in [3.05, 3.63) is 71.8 Å². The van der Waals surface area contributed by atoms with E-state index in [0.29, 0.717) is 6.54 Å². The number of carbonyl (C=O) groups excluding carboxylic acids is 1. The number of nitrogens with one attached hydrogen (secondary N) is 1. The molecule has 1 amide bonds. The Morgan fingerprint density at radius 2 is 1.77 bits per heavy atom. The zero-order valence-electron chi connectivity index (χ0n) is 20.7. The van der Waals surface area contributed by atoms with E-state index >= 15 is 0 Å². The Balaban J connectivity index is 1.12. The van der Waals surface area contributed by atoms with Gasteiger partial charge in [-0.15, -0.1) is 10.2 Å². The number of likely N-dealkylation sites (tertiary alicyclic amines) is 1. The molecular weight excluding hydrogens is 436 g/mol. The molecule has 0 aliphatic carbocycles. The molecule has 5 rings (SSSR count). The number of aromatic nitrogens is 3. The lowest BCUT2D eigenvalue weighted by molar-refractivity contribution is -0.126. The first-order valence-corrected chi connectivity index (χ1v) is 12.9. The van der Waals surface area contributed by atoms with Crippen LogP contribution in [0, 0.1) is 5.92 Å². The van der Waals surface area contributed by atoms with Gasteiger partial charge >= 0.3 is 0 Å². The normalized spacial score (nSPS) is 19.2. The SMILES string of the molecule is CN1CCC[C@H](C(=O)NCCc2nnc3n2CCN(Cc2ccc(-c4ccccc4)cc2)CC3)C1. The van der Waals surface area contributed by atoms with Crippen molar-refractivity contribution in [1.29, 1.82) is 0 Å². The van der Waals surface area contributed by atoms with Crippen LogP contribution in [-0.2, 0) is 30.7 Å². The second-order valence-corrected chi connectivity index (χ2v) is 9.92. The Kier molecular flexibility index (Phi) is 7.54. The highest BCUT2D eigenvalue weighted by Crippen LogP contribution is 2.20. The van der Waals surface area contributed by atoms with Crippen LogP contribution in [0.3, 0.4) is 0 Å². The molecule has 7 heteroatoms. The lowest BCUT2D eigenvalue weighted by Gasteiger charge is -2.28. The molecule has 1 saturated heterocycles. The maximum absolute atomic E-state index is 12.5. The average molecular weight is 473 g/mol. The van der Waals surface area contributed by atoms with Gasteiger partial charge in [-0.2, -0.15) is 0 Å². The molecule has 7 nitrogen and oxygen atoms in total. The minimum absolute atomic E-state index is 0.111. The van der Waals surface area contributed by atoms with Gasteiger partial charge in [0, 0.05) is 52.1 Å². The fraction of sp³-hybridized carbons (Fsp3) is 0.464. The maximum Gasteiger partial charge on any atom is 0.224 e. The standard InChI is InChI=1S/C28H36N6O/c1-32-16-5-8-25(21-32)28(35)29-15-13-26-30-31-27-14-17-33(18-19-34(26)27)20-22-9-11-24(12-10-22)23-6-3-2-4-7-23/h2-4,6-7,9-12,25H,5,8,13-21H2,1H3,(H,29,35)/t25-/m0/s1. The van der Waals surface area contributed by atoms with Crippen LogP contribution in [-0.4, -0.2) is 70.2 Å². The number of hydrogen-bond acceptors (Lipinski definition) is 5. The monoisotopic (exact) mass is 472 g/mol. The van der Waals surface area contributed by atoms with E-state index < -0.39 is 0 Å². The summed E-state index contributed by atoms with van der Waals surface area (Å²) in [4.78, 5) is 17.3. The van der Waals surface area contributed by atoms with Crippen LogP contribution in [0.1, 0.15) is 30.1 Å². The molecule has 2 aromatic carbocycles. The van der Waals surface area contributed by atoms with Gasteiger partial charge in [-0.25, -0.2) is 0 Å². The average Bonchev–Trinajstić information content (AvgIpc) is 3.16. The number of piperidine rings is 1. The zero-order chi connectivity index (χ0) is 24.0. The van der Waals surface area contributed by atoms with Gasteiger partial charge in [0.1, 0.15) is 11.6 Å². The first kappa shape index (κ1) is 23.7. The molecule has 1 aromatic heterocycles. The van der Waals surface area contributed by atoms with E-state index in [2.05, 4.69) is 91.5 Å². The summed E-state index contributed by atoms with van der Waals surface area (Å²) in [6.07, 6.45) is 3.71. The molecule has 2 aliphatic rings. The fourth-order valence-corrected chi connectivity index (χ4v) is 5.28. The molecule has 35 heavy (non-hydrogen) atoms. The molecular formula is C28H36N6O. The van der Waals surface area contributed by atoms with E-state index in [0.717, 1.165) is 76.6 Å². The van der Waals surface area contributed by atoms with Crippen molar-refractivity contribution in [2.45, 2.75) is 38.8 Å². The van der Waals surface area contributed by atoms with Crippen molar-refractivity contribution in [3.8, 4) is 11.1 Å². The minimum Gasteiger partial charge on any atom is -0.355 e. The highest BCUT2D eigenvalue weighted by Gasteiger charge is 2.24. The summed E-state index contributed by atoms with van der Waals surface area (Å²) >= 11 is 0. The molecule has 2 aliphatic heterocycles. The predicted octanol–water partition coefficient (Wildman–Crippen LogP) is 3.00. The summed E-state index contributed by atoms with van der Waals surface area (Å²) in [5.41, 5.74) is 3.84. The first-order chi connectivity index (χ1) is 17.2. The Bertz CT molecular complexity index is 1110. The molecule has 1 N–H and O–H groups in total. The van der Waals surface area contributed by atoms with Gasteiger partial charge in [-0.05, 0) is 43.1 Å². The van der Waals surface area contributed by atoms with Crippen LogP contribution in [0.25, 0.3) is 11.1 Å². The van der Waals surface area contributed by atoms with Crippen LogP contribution < -0.4 is 5.32 Å². The van der Waals surface area contributed by atoms with Crippen molar-refractivity contribution in [3.63, 3.8) is 0 Å². The highest BCUT2D eigenvalue weighted by atomic mass is 16.1. The molecule has 3 aromatic rings. The van der Waals surface area contributed by atoms with Gasteiger partial charge in [0.25, 0.3) is 0 Å². The maximum atomic E-state index is 12.5. The van der Waals surface area contributed by atoms with Crippen molar-refractivity contribution >= 4 is 5.91 Å². The number of nitrogens with zero attached hydrogens (tertiary/aromatic N) is 5. The predicted molar refractivity (Wildman–Crippen MR) is 138 cm³/mol. The molecule has 0 bridgehead atoms. The van der Waals surface area contributed by atoms with Gasteiger partial charge < -0.3 is 14.8 Å². The zero-order valence-corrected chi connectivity index (χ0v) is 20.7. The lowest BCUT2D eigenvalue weighted by atomic mass is 9.97. The summed E-state index contributed by atoms with van der Waals surface area (Å²) in [6, 6.07) is 19.4. The van der Waals surface area contributed by atoms with Gasteiger partial charge in [0.15, 0.2) is 0 Å². The summed E-state index contributed by atoms with van der Waals surface area (Å²) < 4.78 is 2.26. The molecule has 0 saturated carbocycles. The van der Waals surface area contributed by atoms with E-state index in [1.165, 1.54) is 16.7 Å². The summed E-state index contributed by atoms with van der Waals surface area (Å²) in [7, 11) is 2.09. The third-order valence-electron chi connectivity index (χ3n) is 7.31. The number of amides is 1. The molecule has 1 atom stereocenters. The van der Waals surface area contributed by atoms with Crippen LogP contribution in [0.4, 0.5) is 0 Å². The molecule has 0 radical (unpaired) electrons. The fourth-order valence-electron chi connectivity index (χ4n) is 5.28. The van der Waals surface area contributed by atoms with E-state index in [9.17, 15) is 4.79 Å². The Morgan fingerprint density at radius 1 is 0.971 bits per heavy atom. The smallest absolute Gasteiger partial charge is 0.224 e. The third kappa shape index (κ3) is 5.97. The quantitative estimate of drug-likeness (QED) is 0.573. The number of carbonyl (C=O) groups is 1. The number of fused-ring (bicyclic) bond motifs is 1. The second kappa shape index (κ2) is 11.1. The molecule has 0 unspecified atom stereocenters. The van der Waals surface area contributed by atoms with Crippen LogP contribution in [0.5, 0.6) is 0 Å². The Labute approximate surface area is 208 Å². The van der Waals surface area contributed by atoms with Crippen molar-refractivity contribution in [2.24, 2.45) is 5.92 Å². The van der Waals surface area contributed by atoms with E-state index in [4.69, 9.17) is 0 Å². The molecule has 1 fully saturated rings. The van der Waals surface area contributed by atoms with E-state index in [1.54, 1.807) is 0 Å². The summed E-state index contributed by atoms with van der Waals surface area (Å²) in [5, 5.41) is 12.0. The van der Waals surface area contributed by atoms with Crippen molar-refractivity contribution < 1.29 is 4.79 Å². The second-order valence-electron chi connectivity index (χ2n) is 9.92. The lowest BCUT2D eigenvalue weighted by Crippen LogP contribution is -2.42. The topological polar surface area (TPSA) is 66.3 Å². The number of hydrogen-bond donors (Lipinski definition) is 1. The van der Waals surface area contributed by atoms with Crippen LogP contribution in [0.15, 0.2) is 54.6 Å². The number of rotatable bonds is 7. The Morgan fingerprint density at radius 3 is 2.57 bits per heavy atom. The summed E-state index contributed by atoms with van der Waals surface area (Å²) in [6.45, 7) is 6.34.